The lowest BCUT2D eigenvalue weighted by molar-refractivity contribution is -0.115. The van der Waals surface area contributed by atoms with Gasteiger partial charge in [0.1, 0.15) is 11.4 Å². The number of urea groups is 1. The van der Waals surface area contributed by atoms with Crippen LogP contribution in [0.5, 0.6) is 5.75 Å². The SMILES string of the molecule is COc1cc(C=C2NC(=O)NC2=O)ccc1C(=O)c1ccccc1. The minimum Gasteiger partial charge on any atom is -0.496 e. The van der Waals surface area contributed by atoms with Crippen LogP contribution in [0.1, 0.15) is 21.5 Å². The largest absolute Gasteiger partial charge is 0.496 e. The smallest absolute Gasteiger partial charge is 0.326 e. The highest BCUT2D eigenvalue weighted by molar-refractivity contribution is 6.14. The molecular formula is C18H14N2O4. The molecule has 1 heterocycles. The van der Waals surface area contributed by atoms with Gasteiger partial charge in [0, 0.05) is 5.56 Å². The van der Waals surface area contributed by atoms with Crippen LogP contribution in [0, 0.1) is 0 Å². The van der Waals surface area contributed by atoms with Gasteiger partial charge >= 0.3 is 6.03 Å². The number of hydrogen-bond donors (Lipinski definition) is 2. The zero-order valence-corrected chi connectivity index (χ0v) is 12.8. The highest BCUT2D eigenvalue weighted by atomic mass is 16.5. The Morgan fingerprint density at radius 3 is 2.42 bits per heavy atom. The van der Waals surface area contributed by atoms with E-state index in [0.717, 1.165) is 0 Å². The third-order valence-corrected chi connectivity index (χ3v) is 3.54. The second-order valence-corrected chi connectivity index (χ2v) is 5.12. The normalized spacial score (nSPS) is 15.1. The van der Waals surface area contributed by atoms with Crippen molar-refractivity contribution in [3.05, 3.63) is 70.9 Å². The van der Waals surface area contributed by atoms with Gasteiger partial charge in [-0.1, -0.05) is 36.4 Å². The molecule has 0 bridgehead atoms. The van der Waals surface area contributed by atoms with E-state index in [4.69, 9.17) is 4.74 Å². The molecule has 6 heteroatoms. The molecule has 0 atom stereocenters. The first-order chi connectivity index (χ1) is 11.6. The molecule has 2 aromatic carbocycles. The first kappa shape index (κ1) is 15.5. The van der Waals surface area contributed by atoms with E-state index in [2.05, 4.69) is 10.6 Å². The number of imide groups is 1. The molecule has 2 aromatic rings. The van der Waals surface area contributed by atoms with Crippen molar-refractivity contribution in [2.75, 3.05) is 7.11 Å². The van der Waals surface area contributed by atoms with Crippen LogP contribution in [0.15, 0.2) is 54.2 Å². The molecular weight excluding hydrogens is 308 g/mol. The Labute approximate surface area is 138 Å². The quantitative estimate of drug-likeness (QED) is 0.513. The maximum atomic E-state index is 12.6. The van der Waals surface area contributed by atoms with Crippen LogP contribution in [0.4, 0.5) is 4.79 Å². The van der Waals surface area contributed by atoms with Gasteiger partial charge in [-0.3, -0.25) is 14.9 Å². The molecule has 0 aromatic heterocycles. The van der Waals surface area contributed by atoms with Gasteiger partial charge in [0.25, 0.3) is 5.91 Å². The monoisotopic (exact) mass is 322 g/mol. The van der Waals surface area contributed by atoms with Crippen LogP contribution < -0.4 is 15.4 Å². The third kappa shape index (κ3) is 3.03. The second kappa shape index (κ2) is 6.37. The molecule has 0 aliphatic carbocycles. The summed E-state index contributed by atoms with van der Waals surface area (Å²) in [5, 5.41) is 4.53. The number of nitrogens with one attached hydrogen (secondary N) is 2. The molecule has 0 radical (unpaired) electrons. The van der Waals surface area contributed by atoms with Crippen molar-refractivity contribution in [2.24, 2.45) is 0 Å². The summed E-state index contributed by atoms with van der Waals surface area (Å²) >= 11 is 0. The zero-order chi connectivity index (χ0) is 17.1. The standard InChI is InChI=1S/C18H14N2O4/c1-24-15-10-11(9-14-17(22)20-18(23)19-14)7-8-13(15)16(21)12-5-3-2-4-6-12/h2-10H,1H3,(H2,19,20,22,23). The van der Waals surface area contributed by atoms with Gasteiger partial charge in [0.2, 0.25) is 0 Å². The number of ketones is 1. The molecule has 0 spiro atoms. The lowest BCUT2D eigenvalue weighted by atomic mass is 10.0. The molecule has 0 unspecified atom stereocenters. The van der Waals surface area contributed by atoms with Crippen molar-refractivity contribution >= 4 is 23.8 Å². The first-order valence-electron chi connectivity index (χ1n) is 7.20. The maximum absolute atomic E-state index is 12.6. The molecule has 2 N–H and O–H groups in total. The van der Waals surface area contributed by atoms with Gasteiger partial charge in [0.15, 0.2) is 5.78 Å². The summed E-state index contributed by atoms with van der Waals surface area (Å²) in [7, 11) is 1.47. The van der Waals surface area contributed by atoms with Crippen molar-refractivity contribution in [3.63, 3.8) is 0 Å². The molecule has 6 nitrogen and oxygen atoms in total. The average molecular weight is 322 g/mol. The number of amides is 3. The summed E-state index contributed by atoms with van der Waals surface area (Å²) in [5.41, 5.74) is 1.75. The van der Waals surface area contributed by atoms with Gasteiger partial charge in [-0.05, 0) is 23.8 Å². The van der Waals surface area contributed by atoms with Crippen molar-refractivity contribution in [2.45, 2.75) is 0 Å². The topological polar surface area (TPSA) is 84.5 Å². The molecule has 1 fully saturated rings. The summed E-state index contributed by atoms with van der Waals surface area (Å²) in [5.74, 6) is -0.259. The van der Waals surface area contributed by atoms with Gasteiger partial charge in [-0.25, -0.2) is 4.79 Å². The summed E-state index contributed by atoms with van der Waals surface area (Å²) in [6, 6.07) is 13.3. The number of hydrogen-bond acceptors (Lipinski definition) is 4. The van der Waals surface area contributed by atoms with Crippen LogP contribution in [0.25, 0.3) is 6.08 Å². The molecule has 0 saturated carbocycles. The van der Waals surface area contributed by atoms with Gasteiger partial charge in [-0.2, -0.15) is 0 Å². The number of rotatable bonds is 4. The average Bonchev–Trinajstić information content (AvgIpc) is 2.92. The number of carbonyl (C=O) groups excluding carboxylic acids is 3. The fourth-order valence-corrected chi connectivity index (χ4v) is 2.38. The molecule has 3 rings (SSSR count). The Bertz CT molecular complexity index is 857. The highest BCUT2D eigenvalue weighted by Crippen LogP contribution is 2.24. The molecule has 1 aliphatic heterocycles. The van der Waals surface area contributed by atoms with E-state index in [1.165, 1.54) is 13.2 Å². The lowest BCUT2D eigenvalue weighted by Crippen LogP contribution is -2.22. The van der Waals surface area contributed by atoms with Crippen molar-refractivity contribution in [1.82, 2.24) is 10.6 Å². The highest BCUT2D eigenvalue weighted by Gasteiger charge is 2.23. The fraction of sp³-hybridized carbons (Fsp3) is 0.0556. The fourth-order valence-electron chi connectivity index (χ4n) is 2.38. The molecule has 1 aliphatic rings. The van der Waals surface area contributed by atoms with Crippen LogP contribution in [-0.2, 0) is 4.79 Å². The van der Waals surface area contributed by atoms with Crippen molar-refractivity contribution in [1.29, 1.82) is 0 Å². The van der Waals surface area contributed by atoms with Gasteiger partial charge < -0.3 is 10.1 Å². The Hall–Kier alpha value is -3.41. The van der Waals surface area contributed by atoms with Gasteiger partial charge in [0.05, 0.1) is 12.7 Å². The molecule has 24 heavy (non-hydrogen) atoms. The van der Waals surface area contributed by atoms with Crippen LogP contribution in [0.3, 0.4) is 0 Å². The molecule has 3 amide bonds. The Kier molecular flexibility index (Phi) is 4.11. The van der Waals surface area contributed by atoms with Crippen LogP contribution in [0.2, 0.25) is 0 Å². The predicted molar refractivity (Wildman–Crippen MR) is 87.5 cm³/mol. The Morgan fingerprint density at radius 2 is 1.79 bits per heavy atom. The first-order valence-corrected chi connectivity index (χ1v) is 7.20. The second-order valence-electron chi connectivity index (χ2n) is 5.12. The summed E-state index contributed by atoms with van der Waals surface area (Å²) in [4.78, 5) is 35.2. The summed E-state index contributed by atoms with van der Waals surface area (Å²) in [6.07, 6.45) is 1.51. The van der Waals surface area contributed by atoms with E-state index in [1.54, 1.807) is 42.5 Å². The molecule has 120 valence electrons. The van der Waals surface area contributed by atoms with Gasteiger partial charge in [-0.15, -0.1) is 0 Å². The Morgan fingerprint density at radius 1 is 1.04 bits per heavy atom. The predicted octanol–water partition coefficient (Wildman–Crippen LogP) is 2.11. The van der Waals surface area contributed by atoms with E-state index in [9.17, 15) is 14.4 Å². The van der Waals surface area contributed by atoms with Crippen LogP contribution >= 0.6 is 0 Å². The van der Waals surface area contributed by atoms with E-state index in [0.29, 0.717) is 22.4 Å². The van der Waals surface area contributed by atoms with E-state index < -0.39 is 11.9 Å². The van der Waals surface area contributed by atoms with Crippen molar-refractivity contribution in [3.8, 4) is 5.75 Å². The van der Waals surface area contributed by atoms with E-state index in [1.807, 2.05) is 6.07 Å². The van der Waals surface area contributed by atoms with E-state index >= 15 is 0 Å². The number of ether oxygens (including phenoxy) is 1. The Balaban J connectivity index is 1.94. The zero-order valence-electron chi connectivity index (χ0n) is 12.8. The lowest BCUT2D eigenvalue weighted by Gasteiger charge is -2.09. The number of benzene rings is 2. The summed E-state index contributed by atoms with van der Waals surface area (Å²) in [6.45, 7) is 0. The van der Waals surface area contributed by atoms with Crippen molar-refractivity contribution < 1.29 is 19.1 Å². The maximum Gasteiger partial charge on any atom is 0.326 e. The molecule has 1 saturated heterocycles. The van der Waals surface area contributed by atoms with E-state index in [-0.39, 0.29) is 11.5 Å². The third-order valence-electron chi connectivity index (χ3n) is 3.54. The minimum absolute atomic E-state index is 0.143. The summed E-state index contributed by atoms with van der Waals surface area (Å²) < 4.78 is 5.30. The number of carbonyl (C=O) groups is 3. The minimum atomic E-state index is -0.561. The van der Waals surface area contributed by atoms with Crippen LogP contribution in [-0.4, -0.2) is 24.8 Å². The number of methoxy groups -OCH3 is 1.